The summed E-state index contributed by atoms with van der Waals surface area (Å²) in [6.07, 6.45) is 4.86. The smallest absolute Gasteiger partial charge is 0.183 e. The summed E-state index contributed by atoms with van der Waals surface area (Å²) >= 11 is 0. The molecule has 2 rings (SSSR count). The van der Waals surface area contributed by atoms with Crippen molar-refractivity contribution in [2.24, 2.45) is 5.73 Å². The van der Waals surface area contributed by atoms with Crippen LogP contribution in [0.1, 0.15) is 31.2 Å². The highest BCUT2D eigenvalue weighted by Gasteiger charge is 2.12. The number of nitrogens with one attached hydrogen (secondary N) is 1. The predicted molar refractivity (Wildman–Crippen MR) is 64.3 cm³/mol. The molecule has 6 nitrogen and oxygen atoms in total. The van der Waals surface area contributed by atoms with Gasteiger partial charge in [-0.05, 0) is 12.0 Å². The Hall–Kier alpha value is -2.24. The lowest BCUT2D eigenvalue weighted by molar-refractivity contribution is 0.753. The van der Waals surface area contributed by atoms with E-state index in [0.717, 1.165) is 5.69 Å². The Morgan fingerprint density at radius 2 is 2.06 bits per heavy atom. The van der Waals surface area contributed by atoms with Gasteiger partial charge in [0, 0.05) is 18.6 Å². The molecule has 88 valence electrons. The van der Waals surface area contributed by atoms with E-state index in [0.29, 0.717) is 17.4 Å². The number of amidine groups is 1. The Morgan fingerprint density at radius 3 is 2.65 bits per heavy atom. The van der Waals surface area contributed by atoms with Gasteiger partial charge in [0.2, 0.25) is 0 Å². The normalized spacial score (nSPS) is 10.8. The molecule has 0 aliphatic rings. The number of aromatic nitrogens is 4. The standard InChI is InChI=1S/C11H14N6/c1-7(2)8-3-6-17(16-8)11-9(10(12)13)14-4-5-15-11/h3-7H,1-2H3,(H3,12,13). The van der Waals surface area contributed by atoms with E-state index < -0.39 is 0 Å². The molecule has 0 radical (unpaired) electrons. The van der Waals surface area contributed by atoms with Crippen LogP contribution in [0.2, 0.25) is 0 Å². The summed E-state index contributed by atoms with van der Waals surface area (Å²) in [5.41, 5.74) is 6.76. The van der Waals surface area contributed by atoms with Crippen LogP contribution in [0, 0.1) is 5.41 Å². The third-order valence-corrected chi connectivity index (χ3v) is 2.35. The first-order chi connectivity index (χ1) is 8.09. The minimum absolute atomic E-state index is 0.116. The third-order valence-electron chi connectivity index (χ3n) is 2.35. The van der Waals surface area contributed by atoms with Gasteiger partial charge in [-0.1, -0.05) is 13.8 Å². The van der Waals surface area contributed by atoms with Crippen LogP contribution < -0.4 is 5.73 Å². The second-order valence-electron chi connectivity index (χ2n) is 3.98. The van der Waals surface area contributed by atoms with Crippen LogP contribution in [-0.4, -0.2) is 25.6 Å². The van der Waals surface area contributed by atoms with Gasteiger partial charge in [-0.25, -0.2) is 14.6 Å². The van der Waals surface area contributed by atoms with Crippen molar-refractivity contribution in [2.45, 2.75) is 19.8 Å². The van der Waals surface area contributed by atoms with Crippen molar-refractivity contribution in [3.05, 3.63) is 36.0 Å². The quantitative estimate of drug-likeness (QED) is 0.609. The van der Waals surface area contributed by atoms with E-state index in [9.17, 15) is 0 Å². The topological polar surface area (TPSA) is 93.5 Å². The summed E-state index contributed by atoms with van der Waals surface area (Å²) in [7, 11) is 0. The molecule has 0 saturated carbocycles. The molecule has 0 bridgehead atoms. The van der Waals surface area contributed by atoms with Gasteiger partial charge in [0.1, 0.15) is 11.5 Å². The largest absolute Gasteiger partial charge is 0.382 e. The molecule has 0 atom stereocenters. The highest BCUT2D eigenvalue weighted by molar-refractivity contribution is 5.95. The number of nitrogens with zero attached hydrogens (tertiary/aromatic N) is 4. The maximum Gasteiger partial charge on any atom is 0.183 e. The lowest BCUT2D eigenvalue weighted by Crippen LogP contribution is -2.18. The molecule has 0 saturated heterocycles. The Labute approximate surface area is 99.0 Å². The van der Waals surface area contributed by atoms with Crippen molar-refractivity contribution in [3.8, 4) is 5.82 Å². The molecule has 17 heavy (non-hydrogen) atoms. The fourth-order valence-electron chi connectivity index (χ4n) is 1.45. The van der Waals surface area contributed by atoms with Crippen LogP contribution in [0.4, 0.5) is 0 Å². The fraction of sp³-hybridized carbons (Fsp3) is 0.273. The Morgan fingerprint density at radius 1 is 1.35 bits per heavy atom. The molecule has 0 aliphatic heterocycles. The molecule has 2 heterocycles. The molecule has 3 N–H and O–H groups in total. The van der Waals surface area contributed by atoms with Gasteiger partial charge in [0.25, 0.3) is 0 Å². The first kappa shape index (κ1) is 11.3. The van der Waals surface area contributed by atoms with Gasteiger partial charge >= 0.3 is 0 Å². The van der Waals surface area contributed by atoms with Gasteiger partial charge in [0.15, 0.2) is 5.82 Å². The second kappa shape index (κ2) is 4.32. The summed E-state index contributed by atoms with van der Waals surface area (Å²) in [6.45, 7) is 4.13. The van der Waals surface area contributed by atoms with Crippen LogP contribution in [-0.2, 0) is 0 Å². The summed E-state index contributed by atoms with van der Waals surface area (Å²) < 4.78 is 1.60. The molecule has 0 unspecified atom stereocenters. The lowest BCUT2D eigenvalue weighted by Gasteiger charge is -2.05. The Bertz CT molecular complexity index is 542. The van der Waals surface area contributed by atoms with E-state index in [-0.39, 0.29) is 5.84 Å². The van der Waals surface area contributed by atoms with Gasteiger partial charge in [-0.2, -0.15) is 5.10 Å². The molecule has 0 amide bonds. The molecule has 2 aromatic rings. The third kappa shape index (κ3) is 2.15. The molecule has 0 spiro atoms. The molecule has 6 heteroatoms. The molecular formula is C11H14N6. The van der Waals surface area contributed by atoms with Crippen molar-refractivity contribution in [2.75, 3.05) is 0 Å². The second-order valence-corrected chi connectivity index (χ2v) is 3.98. The SMILES string of the molecule is CC(C)c1ccn(-c2nccnc2C(=N)N)n1. The molecule has 0 aromatic carbocycles. The highest BCUT2D eigenvalue weighted by atomic mass is 15.3. The maximum atomic E-state index is 7.45. The minimum Gasteiger partial charge on any atom is -0.382 e. The number of nitrogen functional groups attached to an aromatic ring is 1. The monoisotopic (exact) mass is 230 g/mol. The van der Waals surface area contributed by atoms with Crippen LogP contribution in [0.15, 0.2) is 24.7 Å². The lowest BCUT2D eigenvalue weighted by atomic mass is 10.1. The first-order valence-corrected chi connectivity index (χ1v) is 5.31. The zero-order valence-electron chi connectivity index (χ0n) is 9.75. The first-order valence-electron chi connectivity index (χ1n) is 5.31. The van der Waals surface area contributed by atoms with Crippen LogP contribution in [0.5, 0.6) is 0 Å². The van der Waals surface area contributed by atoms with E-state index in [1.165, 1.54) is 6.20 Å². The van der Waals surface area contributed by atoms with Crippen molar-refractivity contribution in [3.63, 3.8) is 0 Å². The van der Waals surface area contributed by atoms with Gasteiger partial charge < -0.3 is 5.73 Å². The summed E-state index contributed by atoms with van der Waals surface area (Å²) in [5, 5.41) is 11.8. The number of nitrogens with two attached hydrogens (primary N) is 1. The summed E-state index contributed by atoms with van der Waals surface area (Å²) in [5.74, 6) is 0.704. The van der Waals surface area contributed by atoms with Crippen LogP contribution in [0.25, 0.3) is 5.82 Å². The maximum absolute atomic E-state index is 7.45. The zero-order chi connectivity index (χ0) is 12.4. The molecule has 0 fully saturated rings. The number of hydrogen-bond acceptors (Lipinski definition) is 4. The van der Waals surface area contributed by atoms with E-state index in [2.05, 4.69) is 28.9 Å². The molecular weight excluding hydrogens is 216 g/mol. The average Bonchev–Trinajstić information content (AvgIpc) is 2.78. The van der Waals surface area contributed by atoms with Gasteiger partial charge in [-0.15, -0.1) is 0 Å². The fourth-order valence-corrected chi connectivity index (χ4v) is 1.45. The van der Waals surface area contributed by atoms with E-state index in [1.54, 1.807) is 17.1 Å². The predicted octanol–water partition coefficient (Wildman–Crippen LogP) is 1.07. The van der Waals surface area contributed by atoms with Crippen molar-refractivity contribution in [1.29, 1.82) is 5.41 Å². The Balaban J connectivity index is 2.49. The van der Waals surface area contributed by atoms with Gasteiger partial charge in [-0.3, -0.25) is 5.41 Å². The van der Waals surface area contributed by atoms with Crippen molar-refractivity contribution in [1.82, 2.24) is 19.7 Å². The summed E-state index contributed by atoms with van der Waals surface area (Å²) in [4.78, 5) is 8.20. The zero-order valence-corrected chi connectivity index (χ0v) is 9.75. The van der Waals surface area contributed by atoms with Crippen LogP contribution in [0.3, 0.4) is 0 Å². The van der Waals surface area contributed by atoms with E-state index in [4.69, 9.17) is 11.1 Å². The highest BCUT2D eigenvalue weighted by Crippen LogP contribution is 2.14. The van der Waals surface area contributed by atoms with E-state index in [1.807, 2.05) is 6.07 Å². The average molecular weight is 230 g/mol. The van der Waals surface area contributed by atoms with Crippen LogP contribution >= 0.6 is 0 Å². The Kier molecular flexibility index (Phi) is 2.86. The minimum atomic E-state index is -0.116. The van der Waals surface area contributed by atoms with Gasteiger partial charge in [0.05, 0.1) is 5.69 Å². The molecule has 0 aliphatic carbocycles. The summed E-state index contributed by atoms with van der Waals surface area (Å²) in [6, 6.07) is 1.92. The number of hydrogen-bond donors (Lipinski definition) is 2. The molecule has 2 aromatic heterocycles. The van der Waals surface area contributed by atoms with E-state index >= 15 is 0 Å². The van der Waals surface area contributed by atoms with Crippen molar-refractivity contribution >= 4 is 5.84 Å². The number of rotatable bonds is 3. The van der Waals surface area contributed by atoms with Crippen molar-refractivity contribution < 1.29 is 0 Å².